The van der Waals surface area contributed by atoms with Gasteiger partial charge in [-0.25, -0.2) is 4.98 Å². The summed E-state index contributed by atoms with van der Waals surface area (Å²) in [4.78, 5) is 4.57. The number of nitrogen functional groups attached to an aromatic ring is 1. The lowest BCUT2D eigenvalue weighted by molar-refractivity contribution is 0.356. The molecule has 1 heterocycles. The molecule has 0 aliphatic rings. The Morgan fingerprint density at radius 1 is 1.00 bits per heavy atom. The highest BCUT2D eigenvalue weighted by Gasteiger charge is 2.13. The second kappa shape index (κ2) is 5.44. The van der Waals surface area contributed by atoms with Crippen molar-refractivity contribution in [2.24, 2.45) is 0 Å². The third-order valence-corrected chi connectivity index (χ3v) is 3.51. The minimum atomic E-state index is 0.140. The van der Waals surface area contributed by atoms with Crippen molar-refractivity contribution in [1.82, 2.24) is 4.98 Å². The first-order valence-corrected chi connectivity index (χ1v) is 6.74. The SMILES string of the molecule is COc1cc2cc(N)c(-c3ccccc3O)nc2cc1OC. The summed E-state index contributed by atoms with van der Waals surface area (Å²) in [7, 11) is 3.15. The zero-order chi connectivity index (χ0) is 15.7. The number of pyridine rings is 1. The average Bonchev–Trinajstić information content (AvgIpc) is 2.53. The summed E-state index contributed by atoms with van der Waals surface area (Å²) in [6.45, 7) is 0. The molecule has 0 saturated carbocycles. The van der Waals surface area contributed by atoms with E-state index in [4.69, 9.17) is 15.2 Å². The first kappa shape index (κ1) is 14.0. The molecule has 0 aliphatic carbocycles. The molecule has 1 aromatic heterocycles. The van der Waals surface area contributed by atoms with E-state index in [1.165, 1.54) is 0 Å². The number of ether oxygens (including phenoxy) is 2. The molecule has 3 rings (SSSR count). The predicted octanol–water partition coefficient (Wildman–Crippen LogP) is 3.21. The van der Waals surface area contributed by atoms with Crippen molar-refractivity contribution in [3.05, 3.63) is 42.5 Å². The fourth-order valence-corrected chi connectivity index (χ4v) is 2.41. The molecule has 0 radical (unpaired) electrons. The van der Waals surface area contributed by atoms with E-state index in [0.717, 1.165) is 5.39 Å². The lowest BCUT2D eigenvalue weighted by Crippen LogP contribution is -1.96. The van der Waals surface area contributed by atoms with Crippen molar-refractivity contribution < 1.29 is 14.6 Å². The van der Waals surface area contributed by atoms with Crippen LogP contribution in [0.25, 0.3) is 22.2 Å². The number of phenols is 1. The topological polar surface area (TPSA) is 77.6 Å². The van der Waals surface area contributed by atoms with Crippen LogP contribution in [0.5, 0.6) is 17.2 Å². The van der Waals surface area contributed by atoms with Gasteiger partial charge in [-0.15, -0.1) is 0 Å². The second-order valence-electron chi connectivity index (χ2n) is 4.84. The Bertz CT molecular complexity index is 847. The molecular weight excluding hydrogens is 280 g/mol. The van der Waals surface area contributed by atoms with Crippen LogP contribution in [0.3, 0.4) is 0 Å². The van der Waals surface area contributed by atoms with Crippen molar-refractivity contribution in [3.63, 3.8) is 0 Å². The number of anilines is 1. The quantitative estimate of drug-likeness (QED) is 0.776. The van der Waals surface area contributed by atoms with Crippen molar-refractivity contribution >= 4 is 16.6 Å². The fraction of sp³-hybridized carbons (Fsp3) is 0.118. The van der Waals surface area contributed by atoms with Gasteiger partial charge in [0.15, 0.2) is 11.5 Å². The van der Waals surface area contributed by atoms with Gasteiger partial charge in [-0.1, -0.05) is 12.1 Å². The summed E-state index contributed by atoms with van der Waals surface area (Å²) in [6.07, 6.45) is 0. The van der Waals surface area contributed by atoms with Crippen LogP contribution in [0, 0.1) is 0 Å². The molecule has 0 unspecified atom stereocenters. The van der Waals surface area contributed by atoms with E-state index in [9.17, 15) is 5.11 Å². The number of phenolic OH excluding ortho intramolecular Hbond substituents is 1. The molecule has 0 amide bonds. The Morgan fingerprint density at radius 2 is 1.68 bits per heavy atom. The van der Waals surface area contributed by atoms with Gasteiger partial charge in [0.05, 0.1) is 31.1 Å². The smallest absolute Gasteiger partial charge is 0.162 e. The number of rotatable bonds is 3. The Kier molecular flexibility index (Phi) is 3.47. The predicted molar refractivity (Wildman–Crippen MR) is 86.4 cm³/mol. The van der Waals surface area contributed by atoms with Crippen molar-refractivity contribution in [2.45, 2.75) is 0 Å². The number of benzene rings is 2. The highest BCUT2D eigenvalue weighted by molar-refractivity contribution is 5.91. The van der Waals surface area contributed by atoms with Gasteiger partial charge in [-0.2, -0.15) is 0 Å². The third kappa shape index (κ3) is 2.26. The van der Waals surface area contributed by atoms with Crippen LogP contribution in [0.1, 0.15) is 0 Å². The molecule has 3 N–H and O–H groups in total. The van der Waals surface area contributed by atoms with Gasteiger partial charge >= 0.3 is 0 Å². The highest BCUT2D eigenvalue weighted by Crippen LogP contribution is 2.36. The van der Waals surface area contributed by atoms with Crippen LogP contribution in [0.4, 0.5) is 5.69 Å². The normalized spacial score (nSPS) is 10.6. The minimum Gasteiger partial charge on any atom is -0.507 e. The van der Waals surface area contributed by atoms with Crippen molar-refractivity contribution in [3.8, 4) is 28.5 Å². The maximum Gasteiger partial charge on any atom is 0.162 e. The van der Waals surface area contributed by atoms with E-state index < -0.39 is 0 Å². The molecular formula is C17H16N2O3. The summed E-state index contributed by atoms with van der Waals surface area (Å²) in [6, 6.07) is 12.4. The van der Waals surface area contributed by atoms with Crippen LogP contribution in [-0.2, 0) is 0 Å². The number of aromatic hydroxyl groups is 1. The second-order valence-corrected chi connectivity index (χ2v) is 4.84. The zero-order valence-corrected chi connectivity index (χ0v) is 12.3. The highest BCUT2D eigenvalue weighted by atomic mass is 16.5. The fourth-order valence-electron chi connectivity index (χ4n) is 2.41. The molecule has 2 aromatic carbocycles. The zero-order valence-electron chi connectivity index (χ0n) is 12.3. The Balaban J connectivity index is 2.26. The van der Waals surface area contributed by atoms with Gasteiger partial charge in [0.2, 0.25) is 0 Å². The van der Waals surface area contributed by atoms with Crippen molar-refractivity contribution in [2.75, 3.05) is 20.0 Å². The lowest BCUT2D eigenvalue weighted by atomic mass is 10.1. The largest absolute Gasteiger partial charge is 0.507 e. The Morgan fingerprint density at radius 3 is 2.36 bits per heavy atom. The molecule has 0 atom stereocenters. The van der Waals surface area contributed by atoms with E-state index in [-0.39, 0.29) is 5.75 Å². The summed E-state index contributed by atoms with van der Waals surface area (Å²) >= 11 is 0. The number of fused-ring (bicyclic) bond motifs is 1. The third-order valence-electron chi connectivity index (χ3n) is 3.51. The van der Waals surface area contributed by atoms with E-state index in [1.807, 2.05) is 18.2 Å². The number of nitrogens with zero attached hydrogens (tertiary/aromatic N) is 1. The van der Waals surface area contributed by atoms with Crippen LogP contribution < -0.4 is 15.2 Å². The lowest BCUT2D eigenvalue weighted by Gasteiger charge is -2.12. The average molecular weight is 296 g/mol. The number of hydrogen-bond donors (Lipinski definition) is 2. The maximum atomic E-state index is 10.0. The van der Waals surface area contributed by atoms with Gasteiger partial charge < -0.3 is 20.3 Å². The van der Waals surface area contributed by atoms with E-state index in [0.29, 0.717) is 34.0 Å². The van der Waals surface area contributed by atoms with Gasteiger partial charge in [-0.3, -0.25) is 0 Å². The summed E-state index contributed by atoms with van der Waals surface area (Å²) in [5.74, 6) is 1.35. The maximum absolute atomic E-state index is 10.0. The number of aromatic nitrogens is 1. The molecule has 5 nitrogen and oxygen atoms in total. The Hall–Kier alpha value is -2.95. The Labute approximate surface area is 127 Å². The molecule has 0 bridgehead atoms. The molecule has 0 saturated heterocycles. The number of methoxy groups -OCH3 is 2. The van der Waals surface area contributed by atoms with E-state index in [2.05, 4.69) is 4.98 Å². The molecule has 0 spiro atoms. The number of hydrogen-bond acceptors (Lipinski definition) is 5. The van der Waals surface area contributed by atoms with E-state index in [1.54, 1.807) is 38.5 Å². The molecule has 22 heavy (non-hydrogen) atoms. The number of para-hydroxylation sites is 1. The molecule has 3 aromatic rings. The van der Waals surface area contributed by atoms with E-state index >= 15 is 0 Å². The van der Waals surface area contributed by atoms with Crippen molar-refractivity contribution in [1.29, 1.82) is 0 Å². The van der Waals surface area contributed by atoms with Crippen LogP contribution in [-0.4, -0.2) is 24.3 Å². The van der Waals surface area contributed by atoms with Crippen LogP contribution >= 0.6 is 0 Å². The van der Waals surface area contributed by atoms with Crippen LogP contribution in [0.2, 0.25) is 0 Å². The van der Waals surface area contributed by atoms with Gasteiger partial charge in [0, 0.05) is 17.0 Å². The first-order valence-electron chi connectivity index (χ1n) is 6.74. The monoisotopic (exact) mass is 296 g/mol. The van der Waals surface area contributed by atoms with Gasteiger partial charge in [0.25, 0.3) is 0 Å². The van der Waals surface area contributed by atoms with Gasteiger partial charge in [-0.05, 0) is 24.3 Å². The first-order chi connectivity index (χ1) is 10.6. The molecule has 0 fully saturated rings. The summed E-state index contributed by atoms with van der Waals surface area (Å²) < 4.78 is 10.6. The van der Waals surface area contributed by atoms with Gasteiger partial charge in [0.1, 0.15) is 5.75 Å². The van der Waals surface area contributed by atoms with Crippen LogP contribution in [0.15, 0.2) is 42.5 Å². The summed E-state index contributed by atoms with van der Waals surface area (Å²) in [5, 5.41) is 10.8. The summed E-state index contributed by atoms with van der Waals surface area (Å²) in [5.41, 5.74) is 8.44. The molecule has 5 heteroatoms. The molecule has 0 aliphatic heterocycles. The minimum absolute atomic E-state index is 0.140. The number of nitrogens with two attached hydrogens (primary N) is 1. The standard InChI is InChI=1S/C17H16N2O3/c1-21-15-8-10-7-12(18)17(11-5-3-4-6-14(11)20)19-13(10)9-16(15)22-2/h3-9,20H,18H2,1-2H3. The molecule has 112 valence electrons.